The Kier molecular flexibility index (Phi) is 15.2. The van der Waals surface area contributed by atoms with E-state index in [1.165, 1.54) is 30.4 Å². The van der Waals surface area contributed by atoms with Gasteiger partial charge in [-0.05, 0) is 25.8 Å². The van der Waals surface area contributed by atoms with Crippen molar-refractivity contribution >= 4 is 85.4 Å². The van der Waals surface area contributed by atoms with E-state index in [0.717, 1.165) is 17.3 Å². The third-order valence-corrected chi connectivity index (χ3v) is 7.87. The molecule has 0 aliphatic heterocycles. The number of benzene rings is 1. The molecule has 0 heterocycles. The van der Waals surface area contributed by atoms with Crippen molar-refractivity contribution in [1.29, 1.82) is 5.26 Å². The third-order valence-electron chi connectivity index (χ3n) is 3.54. The van der Waals surface area contributed by atoms with Crippen LogP contribution in [0.4, 0.5) is 0 Å². The van der Waals surface area contributed by atoms with Crippen LogP contribution in [0.2, 0.25) is 0 Å². The van der Waals surface area contributed by atoms with Crippen LogP contribution in [-0.2, 0) is 14.4 Å². The lowest BCUT2D eigenvalue weighted by Gasteiger charge is -2.20. The summed E-state index contributed by atoms with van der Waals surface area (Å²) in [4.78, 5) is 31.2. The molecule has 1 rings (SSSR count). The smallest absolute Gasteiger partial charge is 0.316 e. The molecule has 0 aromatic heterocycles. The Bertz CT molecular complexity index is 858. The monoisotopic (exact) mass is 533 g/mol. The second kappa shape index (κ2) is 16.0. The minimum Gasteiger partial charge on any atom is -0.481 e. The van der Waals surface area contributed by atoms with Gasteiger partial charge in [0.2, 0.25) is 0 Å². The second-order valence-electron chi connectivity index (χ2n) is 6.33. The van der Waals surface area contributed by atoms with Gasteiger partial charge >= 0.3 is 17.9 Å². The first-order valence-corrected chi connectivity index (χ1v) is 12.6. The van der Waals surface area contributed by atoms with E-state index in [-0.39, 0.29) is 19.3 Å². The minimum atomic E-state index is -0.920. The van der Waals surface area contributed by atoms with Gasteiger partial charge in [-0.1, -0.05) is 78.3 Å². The van der Waals surface area contributed by atoms with E-state index in [1.807, 2.05) is 30.3 Å². The zero-order chi connectivity index (χ0) is 24.7. The molecule has 2 atom stereocenters. The van der Waals surface area contributed by atoms with Crippen molar-refractivity contribution < 1.29 is 29.7 Å². The molecule has 32 heavy (non-hydrogen) atoms. The molecule has 0 bridgehead atoms. The fourth-order valence-corrected chi connectivity index (χ4v) is 5.84. The topological polar surface area (TPSA) is 136 Å². The van der Waals surface area contributed by atoms with Gasteiger partial charge in [0, 0.05) is 12.2 Å². The van der Waals surface area contributed by atoms with E-state index in [4.69, 9.17) is 39.8 Å². The van der Waals surface area contributed by atoms with Crippen LogP contribution in [-0.4, -0.2) is 56.7 Å². The zero-order valence-electron chi connectivity index (χ0n) is 17.3. The lowest BCUT2D eigenvalue weighted by atomic mass is 10.1. The normalized spacial score (nSPS) is 12.8. The van der Waals surface area contributed by atoms with Gasteiger partial charge in [-0.2, -0.15) is 5.26 Å². The molecular formula is C20H23NO6S5. The minimum absolute atomic E-state index is 0.0333. The summed E-state index contributed by atoms with van der Waals surface area (Å²) in [5.74, 6) is -2.32. The Morgan fingerprint density at radius 2 is 1.66 bits per heavy atom. The quantitative estimate of drug-likeness (QED) is 0.352. The number of carboxylic acid groups (broad SMARTS) is 3. The number of nitriles is 1. The molecule has 0 saturated heterocycles. The van der Waals surface area contributed by atoms with Crippen molar-refractivity contribution in [3.05, 3.63) is 35.9 Å². The van der Waals surface area contributed by atoms with Crippen LogP contribution in [0.3, 0.4) is 0 Å². The highest BCUT2D eigenvalue weighted by atomic mass is 32.2. The number of thiocarbonyl (C=S) groups is 2. The molecule has 7 nitrogen and oxygen atoms in total. The maximum Gasteiger partial charge on any atom is 0.316 e. The fraction of sp³-hybridized carbons (Fsp3) is 0.400. The van der Waals surface area contributed by atoms with Gasteiger partial charge < -0.3 is 15.3 Å². The van der Waals surface area contributed by atoms with Crippen LogP contribution in [0.1, 0.15) is 38.7 Å². The number of aliphatic carboxylic acids is 3. The lowest BCUT2D eigenvalue weighted by molar-refractivity contribution is -0.137. The van der Waals surface area contributed by atoms with Crippen LogP contribution < -0.4 is 0 Å². The summed E-state index contributed by atoms with van der Waals surface area (Å²) in [5, 5.41) is 34.2. The van der Waals surface area contributed by atoms with E-state index in [2.05, 4.69) is 6.07 Å². The lowest BCUT2D eigenvalue weighted by Crippen LogP contribution is -2.21. The van der Waals surface area contributed by atoms with Gasteiger partial charge in [0.05, 0.1) is 16.7 Å². The molecule has 0 amide bonds. The Morgan fingerprint density at radius 1 is 1.09 bits per heavy atom. The molecule has 0 radical (unpaired) electrons. The highest BCUT2D eigenvalue weighted by Crippen LogP contribution is 2.32. The fourth-order valence-electron chi connectivity index (χ4n) is 1.76. The Balaban J connectivity index is 0.000000622. The summed E-state index contributed by atoms with van der Waals surface area (Å²) in [6.07, 6.45) is 0.276. The van der Waals surface area contributed by atoms with E-state index in [1.54, 1.807) is 6.92 Å². The highest BCUT2D eigenvalue weighted by molar-refractivity contribution is 8.47. The molecule has 1 aromatic carbocycles. The maximum absolute atomic E-state index is 10.6. The van der Waals surface area contributed by atoms with Crippen LogP contribution >= 0.6 is 59.7 Å². The van der Waals surface area contributed by atoms with Crippen molar-refractivity contribution in [3.63, 3.8) is 0 Å². The van der Waals surface area contributed by atoms with Gasteiger partial charge in [-0.25, -0.2) is 0 Å². The summed E-state index contributed by atoms with van der Waals surface area (Å²) in [7, 11) is 0. The van der Waals surface area contributed by atoms with Crippen molar-refractivity contribution in [2.75, 3.05) is 5.75 Å². The SMILES string of the molecule is CC(C#N)(CCC(=O)O)SC(=S)c1ccccc1.CC(SC(=S)SCCC(=O)O)C(=O)O. The number of hydrogen-bond donors (Lipinski definition) is 3. The number of carbonyl (C=O) groups is 3. The zero-order valence-corrected chi connectivity index (χ0v) is 21.4. The molecule has 0 aliphatic carbocycles. The Morgan fingerprint density at radius 3 is 2.12 bits per heavy atom. The molecule has 12 heteroatoms. The van der Waals surface area contributed by atoms with Crippen LogP contribution in [0.5, 0.6) is 0 Å². The number of thioether (sulfide) groups is 3. The number of carboxylic acids is 3. The number of hydrogen-bond acceptors (Lipinski definition) is 9. The first kappa shape index (κ1) is 30.4. The Hall–Kier alpha value is -1.65. The third kappa shape index (κ3) is 14.4. The average Bonchev–Trinajstić information content (AvgIpc) is 2.73. The first-order valence-electron chi connectivity index (χ1n) is 9.09. The summed E-state index contributed by atoms with van der Waals surface area (Å²) in [6, 6.07) is 11.6. The van der Waals surface area contributed by atoms with E-state index >= 15 is 0 Å². The molecule has 0 saturated carbocycles. The largest absolute Gasteiger partial charge is 0.481 e. The summed E-state index contributed by atoms with van der Waals surface area (Å²) >= 11 is 13.7. The van der Waals surface area contributed by atoms with Crippen LogP contribution in [0, 0.1) is 11.3 Å². The molecule has 0 spiro atoms. The van der Waals surface area contributed by atoms with Gasteiger partial charge in [-0.3, -0.25) is 14.4 Å². The maximum atomic E-state index is 10.6. The van der Waals surface area contributed by atoms with E-state index in [0.29, 0.717) is 13.5 Å². The van der Waals surface area contributed by atoms with Gasteiger partial charge in [0.15, 0.2) is 0 Å². The average molecular weight is 534 g/mol. The number of rotatable bonds is 10. The summed E-state index contributed by atoms with van der Waals surface area (Å²) in [5.41, 5.74) is 0.884. The van der Waals surface area contributed by atoms with E-state index in [9.17, 15) is 19.6 Å². The first-order chi connectivity index (χ1) is 14.9. The predicted octanol–water partition coefficient (Wildman–Crippen LogP) is 4.93. The van der Waals surface area contributed by atoms with Crippen molar-refractivity contribution in [2.45, 2.75) is 43.1 Å². The molecule has 0 aliphatic rings. The van der Waals surface area contributed by atoms with Gasteiger partial charge in [-0.15, -0.1) is 11.8 Å². The molecular weight excluding hydrogens is 511 g/mol. The predicted molar refractivity (Wildman–Crippen MR) is 139 cm³/mol. The van der Waals surface area contributed by atoms with Gasteiger partial charge in [0.25, 0.3) is 0 Å². The Labute approximate surface area is 210 Å². The molecule has 3 N–H and O–H groups in total. The van der Waals surface area contributed by atoms with Crippen LogP contribution in [0.25, 0.3) is 0 Å². The van der Waals surface area contributed by atoms with Gasteiger partial charge in [0.1, 0.15) is 13.5 Å². The number of nitrogens with zero attached hydrogens (tertiary/aromatic N) is 1. The molecule has 1 aromatic rings. The van der Waals surface area contributed by atoms with Crippen molar-refractivity contribution in [2.24, 2.45) is 0 Å². The molecule has 0 fully saturated rings. The van der Waals surface area contributed by atoms with E-state index < -0.39 is 27.9 Å². The summed E-state index contributed by atoms with van der Waals surface area (Å²) in [6.45, 7) is 3.26. The second-order valence-corrected chi connectivity index (χ2v) is 12.2. The highest BCUT2D eigenvalue weighted by Gasteiger charge is 2.27. The van der Waals surface area contributed by atoms with Crippen molar-refractivity contribution in [3.8, 4) is 6.07 Å². The molecule has 2 unspecified atom stereocenters. The molecule has 174 valence electrons. The standard InChI is InChI=1S/C13H13NO2S2.C7H10O4S3/c1-13(9-14,8-7-11(15)16)18-12(17)10-5-3-2-4-6-10;1-4(6(10)11)14-7(12)13-3-2-5(8)9/h2-6H,7-8H2,1H3,(H,15,16);4H,2-3H2,1H3,(H,8,9)(H,10,11). The van der Waals surface area contributed by atoms with Crippen LogP contribution in [0.15, 0.2) is 30.3 Å². The van der Waals surface area contributed by atoms with Crippen molar-refractivity contribution in [1.82, 2.24) is 0 Å². The summed E-state index contributed by atoms with van der Waals surface area (Å²) < 4.78 is 0.289.